The molecule has 51 heavy (non-hydrogen) atoms. The second kappa shape index (κ2) is 17.8. The van der Waals surface area contributed by atoms with Crippen LogP contribution in [-0.4, -0.2) is 54.5 Å². The fourth-order valence-electron chi connectivity index (χ4n) is 5.75. The highest BCUT2D eigenvalue weighted by atomic mass is 16.6. The standard InChI is InChI=1S/C41H45N3O7/c1-40(2,3)51-39(49)43-34(38(48)42-33(27-29-17-9-5-10-18-29)35(45)25-26-37(47)50-4)28-36(46)44-41(30-19-11-6-12-20-30,31-21-13-7-14-22-31)32-23-15-8-16-24-32/h5-24,33-34H,25-28H2,1-4H3,(H,42,48)(H,43,49)(H,44,46)/t33-,34-/m0/s1. The molecule has 0 fully saturated rings. The summed E-state index contributed by atoms with van der Waals surface area (Å²) >= 11 is 0. The van der Waals surface area contributed by atoms with Gasteiger partial charge in [-0.3, -0.25) is 19.2 Å². The van der Waals surface area contributed by atoms with Crippen molar-refractivity contribution in [2.75, 3.05) is 7.11 Å². The third-order valence-electron chi connectivity index (χ3n) is 8.14. The van der Waals surface area contributed by atoms with Crippen molar-refractivity contribution in [2.24, 2.45) is 0 Å². The van der Waals surface area contributed by atoms with Gasteiger partial charge in [0.15, 0.2) is 5.78 Å². The molecule has 0 aliphatic heterocycles. The van der Waals surface area contributed by atoms with Gasteiger partial charge in [0.05, 0.1) is 26.0 Å². The molecule has 4 aromatic carbocycles. The maximum atomic E-state index is 14.3. The molecule has 0 heterocycles. The Morgan fingerprint density at radius 3 is 1.55 bits per heavy atom. The topological polar surface area (TPSA) is 140 Å². The number of nitrogens with one attached hydrogen (secondary N) is 3. The monoisotopic (exact) mass is 691 g/mol. The zero-order valence-electron chi connectivity index (χ0n) is 29.4. The Morgan fingerprint density at radius 2 is 1.10 bits per heavy atom. The van der Waals surface area contributed by atoms with Gasteiger partial charge in [0.25, 0.3) is 0 Å². The van der Waals surface area contributed by atoms with Gasteiger partial charge >= 0.3 is 12.1 Å². The van der Waals surface area contributed by atoms with Gasteiger partial charge in [0.2, 0.25) is 11.8 Å². The third-order valence-corrected chi connectivity index (χ3v) is 8.14. The van der Waals surface area contributed by atoms with Crippen LogP contribution < -0.4 is 16.0 Å². The van der Waals surface area contributed by atoms with Gasteiger partial charge in [-0.15, -0.1) is 0 Å². The molecule has 0 bridgehead atoms. The molecule has 0 aliphatic rings. The smallest absolute Gasteiger partial charge is 0.408 e. The second-order valence-corrected chi connectivity index (χ2v) is 13.1. The zero-order valence-corrected chi connectivity index (χ0v) is 29.4. The number of amides is 3. The van der Waals surface area contributed by atoms with Gasteiger partial charge in [-0.1, -0.05) is 121 Å². The van der Waals surface area contributed by atoms with E-state index < -0.39 is 59.3 Å². The summed E-state index contributed by atoms with van der Waals surface area (Å²) in [6.07, 6.45) is -1.63. The lowest BCUT2D eigenvalue weighted by molar-refractivity contribution is -0.142. The Labute approximate surface area is 298 Å². The lowest BCUT2D eigenvalue weighted by Crippen LogP contribution is -2.55. The molecule has 10 nitrogen and oxygen atoms in total. The number of ether oxygens (including phenoxy) is 2. The zero-order chi connectivity index (χ0) is 36.9. The number of carbonyl (C=O) groups is 5. The fraction of sp³-hybridized carbons (Fsp3) is 0.293. The van der Waals surface area contributed by atoms with Gasteiger partial charge < -0.3 is 25.4 Å². The van der Waals surface area contributed by atoms with E-state index in [1.54, 1.807) is 20.8 Å². The van der Waals surface area contributed by atoms with Crippen LogP contribution in [0.25, 0.3) is 0 Å². The van der Waals surface area contributed by atoms with E-state index >= 15 is 0 Å². The number of Topliss-reactive ketones (excluding diaryl/α,β-unsaturated/α-hetero) is 1. The molecule has 0 aromatic heterocycles. The highest BCUT2D eigenvalue weighted by molar-refractivity contribution is 5.95. The number of alkyl carbamates (subject to hydrolysis) is 1. The molecule has 10 heteroatoms. The van der Waals surface area contributed by atoms with E-state index in [4.69, 9.17) is 9.47 Å². The average Bonchev–Trinajstić information content (AvgIpc) is 3.12. The molecular weight excluding hydrogens is 646 g/mol. The molecule has 0 unspecified atom stereocenters. The van der Waals surface area contributed by atoms with E-state index in [0.29, 0.717) is 0 Å². The highest BCUT2D eigenvalue weighted by Gasteiger charge is 2.39. The van der Waals surface area contributed by atoms with Crippen LogP contribution >= 0.6 is 0 Å². The summed E-state index contributed by atoms with van der Waals surface area (Å²) in [5.74, 6) is -2.30. The van der Waals surface area contributed by atoms with Gasteiger partial charge in [-0.2, -0.15) is 0 Å². The molecule has 4 rings (SSSR count). The van der Waals surface area contributed by atoms with Crippen LogP contribution in [0.3, 0.4) is 0 Å². The van der Waals surface area contributed by atoms with Crippen molar-refractivity contribution in [3.63, 3.8) is 0 Å². The molecule has 0 saturated carbocycles. The first-order valence-electron chi connectivity index (χ1n) is 16.8. The normalized spacial score (nSPS) is 12.5. The second-order valence-electron chi connectivity index (χ2n) is 13.1. The van der Waals surface area contributed by atoms with E-state index in [2.05, 4.69) is 16.0 Å². The summed E-state index contributed by atoms with van der Waals surface area (Å²) < 4.78 is 10.2. The van der Waals surface area contributed by atoms with Crippen molar-refractivity contribution in [1.29, 1.82) is 0 Å². The van der Waals surface area contributed by atoms with Crippen LogP contribution in [0.1, 0.15) is 62.3 Å². The minimum Gasteiger partial charge on any atom is -0.469 e. The number of rotatable bonds is 15. The molecule has 0 radical (unpaired) electrons. The van der Waals surface area contributed by atoms with Crippen LogP contribution in [0.4, 0.5) is 4.79 Å². The summed E-state index contributed by atoms with van der Waals surface area (Å²) in [5.41, 5.74) is 1.02. The average molecular weight is 692 g/mol. The molecule has 4 aromatic rings. The minimum absolute atomic E-state index is 0.122. The van der Waals surface area contributed by atoms with Crippen LogP contribution in [0, 0.1) is 0 Å². The Balaban J connectivity index is 1.69. The van der Waals surface area contributed by atoms with E-state index in [-0.39, 0.29) is 19.3 Å². The van der Waals surface area contributed by atoms with Crippen molar-refractivity contribution in [3.8, 4) is 0 Å². The Morgan fingerprint density at radius 1 is 0.627 bits per heavy atom. The summed E-state index contributed by atoms with van der Waals surface area (Å²) in [6.45, 7) is 5.04. The Bertz CT molecular complexity index is 1660. The fourth-order valence-corrected chi connectivity index (χ4v) is 5.75. The number of ketones is 1. The molecule has 266 valence electrons. The van der Waals surface area contributed by atoms with Gasteiger partial charge in [-0.25, -0.2) is 4.79 Å². The van der Waals surface area contributed by atoms with E-state index in [1.165, 1.54) is 7.11 Å². The maximum Gasteiger partial charge on any atom is 0.408 e. The molecular formula is C41H45N3O7. The largest absolute Gasteiger partial charge is 0.469 e. The van der Waals surface area contributed by atoms with Crippen molar-refractivity contribution in [3.05, 3.63) is 144 Å². The number of hydrogen-bond donors (Lipinski definition) is 3. The van der Waals surface area contributed by atoms with Crippen LogP contribution in [-0.2, 0) is 40.6 Å². The molecule has 2 atom stereocenters. The highest BCUT2D eigenvalue weighted by Crippen LogP contribution is 2.37. The first-order chi connectivity index (χ1) is 24.4. The SMILES string of the molecule is COC(=O)CCC(=O)[C@H](Cc1ccccc1)NC(=O)[C@H](CC(=O)NC(c1ccccc1)(c1ccccc1)c1ccccc1)NC(=O)OC(C)(C)C. The summed E-state index contributed by atoms with van der Waals surface area (Å²) in [4.78, 5) is 66.6. The molecule has 3 amide bonds. The molecule has 0 aliphatic carbocycles. The van der Waals surface area contributed by atoms with Crippen LogP contribution in [0.2, 0.25) is 0 Å². The van der Waals surface area contributed by atoms with Crippen LogP contribution in [0.5, 0.6) is 0 Å². The quantitative estimate of drug-likeness (QED) is 0.109. The number of esters is 1. The van der Waals surface area contributed by atoms with E-state index in [0.717, 1.165) is 22.3 Å². The number of carbonyl (C=O) groups excluding carboxylic acids is 5. The maximum absolute atomic E-state index is 14.3. The Kier molecular flexibility index (Phi) is 13.2. The van der Waals surface area contributed by atoms with Gasteiger partial charge in [0.1, 0.15) is 17.2 Å². The van der Waals surface area contributed by atoms with E-state index in [9.17, 15) is 24.0 Å². The predicted octanol–water partition coefficient (Wildman–Crippen LogP) is 5.63. The summed E-state index contributed by atoms with van der Waals surface area (Å²) in [6, 6.07) is 35.0. The molecule has 3 N–H and O–H groups in total. The number of hydrogen-bond acceptors (Lipinski definition) is 7. The van der Waals surface area contributed by atoms with Crippen molar-refractivity contribution in [2.45, 2.75) is 69.7 Å². The lowest BCUT2D eigenvalue weighted by Gasteiger charge is -2.37. The predicted molar refractivity (Wildman–Crippen MR) is 193 cm³/mol. The summed E-state index contributed by atoms with van der Waals surface area (Å²) in [5, 5.41) is 8.52. The van der Waals surface area contributed by atoms with Crippen molar-refractivity contribution >= 4 is 29.7 Å². The van der Waals surface area contributed by atoms with Crippen molar-refractivity contribution < 1.29 is 33.4 Å². The molecule has 0 spiro atoms. The van der Waals surface area contributed by atoms with Crippen molar-refractivity contribution in [1.82, 2.24) is 16.0 Å². The first-order valence-corrected chi connectivity index (χ1v) is 16.8. The van der Waals surface area contributed by atoms with E-state index in [1.807, 2.05) is 121 Å². The Hall–Kier alpha value is -5.77. The van der Waals surface area contributed by atoms with Gasteiger partial charge in [-0.05, 0) is 49.4 Å². The third kappa shape index (κ3) is 10.9. The lowest BCUT2D eigenvalue weighted by atomic mass is 9.77. The minimum atomic E-state index is -1.44. The summed E-state index contributed by atoms with van der Waals surface area (Å²) in [7, 11) is 1.23. The molecule has 0 saturated heterocycles. The van der Waals surface area contributed by atoms with Gasteiger partial charge in [0, 0.05) is 6.42 Å². The van der Waals surface area contributed by atoms with Crippen LogP contribution in [0.15, 0.2) is 121 Å². The number of methoxy groups -OCH3 is 1. The first kappa shape index (κ1) is 38.0. The number of benzene rings is 4.